The summed E-state index contributed by atoms with van der Waals surface area (Å²) in [5.74, 6) is -0.302. The molecule has 0 aromatic carbocycles. The van der Waals surface area contributed by atoms with Crippen LogP contribution < -0.4 is 5.32 Å². The van der Waals surface area contributed by atoms with Crippen LogP contribution in [0.3, 0.4) is 0 Å². The summed E-state index contributed by atoms with van der Waals surface area (Å²) < 4.78 is 11.4. The van der Waals surface area contributed by atoms with Gasteiger partial charge in [-0.15, -0.1) is 0 Å². The summed E-state index contributed by atoms with van der Waals surface area (Å²) in [6.45, 7) is 8.45. The third-order valence-corrected chi connectivity index (χ3v) is 7.06. The average Bonchev–Trinajstić information content (AvgIpc) is 2.81. The third kappa shape index (κ3) is 13.9. The van der Waals surface area contributed by atoms with E-state index in [4.69, 9.17) is 9.47 Å². The smallest absolute Gasteiger partial charge is 0.328 e. The zero-order valence-electron chi connectivity index (χ0n) is 23.0. The van der Waals surface area contributed by atoms with Gasteiger partial charge in [0.25, 0.3) is 0 Å². The molecular weight excluding hydrogens is 442 g/mol. The Morgan fingerprint density at radius 2 is 1.51 bits per heavy atom. The van der Waals surface area contributed by atoms with Crippen molar-refractivity contribution in [2.24, 2.45) is 11.8 Å². The second-order valence-electron chi connectivity index (χ2n) is 10.8. The van der Waals surface area contributed by atoms with Gasteiger partial charge in [0.15, 0.2) is 0 Å². The van der Waals surface area contributed by atoms with Gasteiger partial charge >= 0.3 is 11.9 Å². The molecule has 0 spiro atoms. The number of nitrogens with one attached hydrogen (secondary N) is 1. The largest absolute Gasteiger partial charge is 0.461 e. The van der Waals surface area contributed by atoms with Gasteiger partial charge in [-0.25, -0.2) is 4.79 Å². The maximum Gasteiger partial charge on any atom is 0.328 e. The van der Waals surface area contributed by atoms with Crippen LogP contribution in [0.2, 0.25) is 0 Å². The van der Waals surface area contributed by atoms with Crippen LogP contribution in [0.25, 0.3) is 0 Å². The van der Waals surface area contributed by atoms with E-state index in [0.717, 1.165) is 38.5 Å². The highest BCUT2D eigenvalue weighted by Crippen LogP contribution is 2.32. The number of amides is 1. The summed E-state index contributed by atoms with van der Waals surface area (Å²) in [5, 5.41) is 2.62. The zero-order chi connectivity index (χ0) is 25.9. The lowest BCUT2D eigenvalue weighted by Crippen LogP contribution is -2.48. The van der Waals surface area contributed by atoms with E-state index in [9.17, 15) is 14.4 Å². The number of carbonyl (C=O) groups is 3. The van der Waals surface area contributed by atoms with Crippen LogP contribution in [0.4, 0.5) is 0 Å². The van der Waals surface area contributed by atoms with Crippen molar-refractivity contribution in [3.05, 3.63) is 0 Å². The highest BCUT2D eigenvalue weighted by Gasteiger charge is 2.43. The number of cyclic esters (lactones) is 1. The predicted octanol–water partition coefficient (Wildman–Crippen LogP) is 6.88. The van der Waals surface area contributed by atoms with Crippen molar-refractivity contribution in [2.45, 2.75) is 155 Å². The molecule has 35 heavy (non-hydrogen) atoms. The van der Waals surface area contributed by atoms with Crippen LogP contribution in [0, 0.1) is 11.8 Å². The summed E-state index contributed by atoms with van der Waals surface area (Å²) in [6, 6.07) is -0.632. The molecule has 1 heterocycles. The lowest BCUT2D eigenvalue weighted by atomic mass is 9.86. The van der Waals surface area contributed by atoms with E-state index in [1.807, 2.05) is 13.8 Å². The average molecular weight is 496 g/mol. The molecule has 6 nitrogen and oxygen atoms in total. The van der Waals surface area contributed by atoms with Gasteiger partial charge in [-0.05, 0) is 31.6 Å². The number of unbranched alkanes of at least 4 members (excludes halogenated alkanes) is 11. The SMILES string of the molecule is CCCCCCCCCCC[C@H](C[C@@H]1OC(=O)[C@H]1CCCCCC)OC(=O)C(CC(C)C)NC=O. The third-order valence-electron chi connectivity index (χ3n) is 7.06. The van der Waals surface area contributed by atoms with E-state index in [2.05, 4.69) is 19.2 Å². The quantitative estimate of drug-likeness (QED) is 0.0949. The van der Waals surface area contributed by atoms with Crippen molar-refractivity contribution in [1.29, 1.82) is 0 Å². The highest BCUT2D eigenvalue weighted by atomic mass is 16.6. The first-order valence-corrected chi connectivity index (χ1v) is 14.5. The standard InChI is InChI=1S/C29H53NO5/c1-5-7-9-11-12-13-14-15-16-18-24(34-29(33)26(30-22-31)20-23(3)4)21-27-25(28(32)35-27)19-17-10-8-6-2/h22-27H,5-21H2,1-4H3,(H,30,31)/t24-,25+,26?,27+/m1/s1. The van der Waals surface area contributed by atoms with Gasteiger partial charge in [0.05, 0.1) is 5.92 Å². The number of ether oxygens (including phenoxy) is 2. The van der Waals surface area contributed by atoms with E-state index < -0.39 is 6.04 Å². The lowest BCUT2D eigenvalue weighted by Gasteiger charge is -2.37. The molecule has 1 fully saturated rings. The molecule has 1 N–H and O–H groups in total. The van der Waals surface area contributed by atoms with Crippen molar-refractivity contribution >= 4 is 18.3 Å². The molecule has 1 rings (SSSR count). The van der Waals surface area contributed by atoms with Crippen LogP contribution in [0.15, 0.2) is 0 Å². The minimum absolute atomic E-state index is 0.0734. The van der Waals surface area contributed by atoms with Crippen LogP contribution in [-0.4, -0.2) is 36.6 Å². The van der Waals surface area contributed by atoms with Gasteiger partial charge in [-0.2, -0.15) is 0 Å². The van der Waals surface area contributed by atoms with Gasteiger partial charge in [-0.3, -0.25) is 9.59 Å². The monoisotopic (exact) mass is 495 g/mol. The topological polar surface area (TPSA) is 81.7 Å². The summed E-state index contributed by atoms with van der Waals surface area (Å²) >= 11 is 0. The lowest BCUT2D eigenvalue weighted by molar-refractivity contribution is -0.190. The van der Waals surface area contributed by atoms with Crippen molar-refractivity contribution in [3.63, 3.8) is 0 Å². The minimum Gasteiger partial charge on any atom is -0.461 e. The molecule has 0 bridgehead atoms. The van der Waals surface area contributed by atoms with E-state index in [1.54, 1.807) is 0 Å². The van der Waals surface area contributed by atoms with Crippen LogP contribution in [0.1, 0.15) is 137 Å². The molecule has 204 valence electrons. The molecule has 6 heteroatoms. The molecule has 0 aliphatic carbocycles. The molecule has 4 atom stereocenters. The molecular formula is C29H53NO5. The van der Waals surface area contributed by atoms with Crippen molar-refractivity contribution in [2.75, 3.05) is 0 Å². The van der Waals surface area contributed by atoms with Crippen LogP contribution in [0.5, 0.6) is 0 Å². The number of hydrogen-bond donors (Lipinski definition) is 1. The van der Waals surface area contributed by atoms with Crippen molar-refractivity contribution in [3.8, 4) is 0 Å². The normalized spacial score (nSPS) is 19.1. The fraction of sp³-hybridized carbons (Fsp3) is 0.897. The Morgan fingerprint density at radius 3 is 2.06 bits per heavy atom. The van der Waals surface area contributed by atoms with Gasteiger partial charge in [-0.1, -0.05) is 105 Å². The Kier molecular flexibility index (Phi) is 17.6. The Morgan fingerprint density at radius 1 is 0.943 bits per heavy atom. The second-order valence-corrected chi connectivity index (χ2v) is 10.8. The van der Waals surface area contributed by atoms with Crippen LogP contribution in [-0.2, 0) is 23.9 Å². The summed E-state index contributed by atoms with van der Waals surface area (Å²) in [4.78, 5) is 36.0. The molecule has 1 saturated heterocycles. The first-order chi connectivity index (χ1) is 16.9. The second kappa shape index (κ2) is 19.6. The number of carbonyl (C=O) groups excluding carboxylic acids is 3. The summed E-state index contributed by atoms with van der Waals surface area (Å²) in [6.07, 6.45) is 18.5. The molecule has 0 aromatic rings. The number of rotatable bonds is 23. The fourth-order valence-electron chi connectivity index (χ4n) is 4.90. The van der Waals surface area contributed by atoms with Gasteiger partial charge in [0.1, 0.15) is 18.2 Å². The number of esters is 2. The van der Waals surface area contributed by atoms with Gasteiger partial charge in [0, 0.05) is 6.42 Å². The first-order valence-electron chi connectivity index (χ1n) is 14.5. The van der Waals surface area contributed by atoms with Crippen molar-refractivity contribution < 1.29 is 23.9 Å². The molecule has 1 amide bonds. The molecule has 1 unspecified atom stereocenters. The van der Waals surface area contributed by atoms with E-state index >= 15 is 0 Å². The predicted molar refractivity (Wildman–Crippen MR) is 141 cm³/mol. The minimum atomic E-state index is -0.632. The molecule has 1 aliphatic rings. The first kappa shape index (κ1) is 31.4. The maximum absolute atomic E-state index is 12.9. The van der Waals surface area contributed by atoms with E-state index in [-0.39, 0.29) is 36.0 Å². The Hall–Kier alpha value is -1.59. The van der Waals surface area contributed by atoms with Gasteiger partial charge in [0.2, 0.25) is 6.41 Å². The fourth-order valence-corrected chi connectivity index (χ4v) is 4.90. The number of hydrogen-bond acceptors (Lipinski definition) is 5. The molecule has 1 aliphatic heterocycles. The Labute approximate surface area is 214 Å². The molecule has 0 radical (unpaired) electrons. The Balaban J connectivity index is 2.58. The zero-order valence-corrected chi connectivity index (χ0v) is 23.0. The van der Waals surface area contributed by atoms with E-state index in [0.29, 0.717) is 19.3 Å². The van der Waals surface area contributed by atoms with Gasteiger partial charge < -0.3 is 14.8 Å². The molecule has 0 saturated carbocycles. The van der Waals surface area contributed by atoms with E-state index in [1.165, 1.54) is 57.8 Å². The molecule has 0 aromatic heterocycles. The summed E-state index contributed by atoms with van der Waals surface area (Å²) in [7, 11) is 0. The summed E-state index contributed by atoms with van der Waals surface area (Å²) in [5.41, 5.74) is 0. The van der Waals surface area contributed by atoms with Crippen molar-refractivity contribution in [1.82, 2.24) is 5.32 Å². The Bertz CT molecular complexity index is 579. The van der Waals surface area contributed by atoms with Crippen LogP contribution >= 0.6 is 0 Å². The highest BCUT2D eigenvalue weighted by molar-refractivity contribution is 5.79. The maximum atomic E-state index is 12.9.